The van der Waals surface area contributed by atoms with Crippen LogP contribution in [0.25, 0.3) is 33.4 Å². The van der Waals surface area contributed by atoms with Crippen LogP contribution in [0.4, 0.5) is 13.2 Å². The number of aryl methyl sites for hydroxylation is 1. The number of rotatable bonds is 3. The molecule has 0 bridgehead atoms. The summed E-state index contributed by atoms with van der Waals surface area (Å²) in [7, 11) is 0. The zero-order valence-electron chi connectivity index (χ0n) is 15.2. The van der Waals surface area contributed by atoms with E-state index in [0.29, 0.717) is 40.0 Å². The summed E-state index contributed by atoms with van der Waals surface area (Å²) in [6.45, 7) is 2.25. The SMILES string of the molecule is CCn1cnc2c(-c3cccnc3)nc(-c3ccc(C(F)(F)F)nc3)cc2c1=O. The second-order valence-corrected chi connectivity index (χ2v) is 6.26. The van der Waals surface area contributed by atoms with Crippen molar-refractivity contribution < 1.29 is 13.2 Å². The summed E-state index contributed by atoms with van der Waals surface area (Å²) in [5.41, 5.74) is 0.889. The Bertz CT molecular complexity index is 1240. The first kappa shape index (κ1) is 18.7. The predicted molar refractivity (Wildman–Crippen MR) is 101 cm³/mol. The van der Waals surface area contributed by atoms with E-state index in [-0.39, 0.29) is 5.56 Å². The van der Waals surface area contributed by atoms with Gasteiger partial charge in [-0.3, -0.25) is 19.3 Å². The van der Waals surface area contributed by atoms with Crippen LogP contribution in [0.15, 0.2) is 60.0 Å². The van der Waals surface area contributed by atoms with E-state index in [4.69, 9.17) is 0 Å². The van der Waals surface area contributed by atoms with E-state index in [0.717, 1.165) is 12.3 Å². The normalized spacial score (nSPS) is 11.7. The van der Waals surface area contributed by atoms with Gasteiger partial charge in [0.1, 0.15) is 11.2 Å². The lowest BCUT2D eigenvalue weighted by Crippen LogP contribution is -2.20. The van der Waals surface area contributed by atoms with E-state index in [1.165, 1.54) is 23.0 Å². The lowest BCUT2D eigenvalue weighted by molar-refractivity contribution is -0.141. The smallest absolute Gasteiger partial charge is 0.299 e. The highest BCUT2D eigenvalue weighted by Gasteiger charge is 2.32. The molecule has 0 aliphatic carbocycles. The van der Waals surface area contributed by atoms with Gasteiger partial charge in [0.25, 0.3) is 5.56 Å². The molecule has 0 amide bonds. The maximum Gasteiger partial charge on any atom is 0.433 e. The quantitative estimate of drug-likeness (QED) is 0.523. The van der Waals surface area contributed by atoms with Crippen molar-refractivity contribution in [1.29, 1.82) is 0 Å². The molecule has 0 fully saturated rings. The minimum absolute atomic E-state index is 0.258. The van der Waals surface area contributed by atoms with Crippen LogP contribution in [0.5, 0.6) is 0 Å². The molecule has 4 aromatic rings. The highest BCUT2D eigenvalue weighted by Crippen LogP contribution is 2.31. The van der Waals surface area contributed by atoms with E-state index in [9.17, 15) is 18.0 Å². The molecule has 0 unspecified atom stereocenters. The molecular weight excluding hydrogens is 383 g/mol. The Morgan fingerprint density at radius 3 is 2.52 bits per heavy atom. The van der Waals surface area contributed by atoms with Crippen molar-refractivity contribution in [2.45, 2.75) is 19.6 Å². The molecule has 4 heterocycles. The highest BCUT2D eigenvalue weighted by molar-refractivity contribution is 5.93. The molecule has 0 aromatic carbocycles. The molecule has 4 aromatic heterocycles. The molecule has 6 nitrogen and oxygen atoms in total. The summed E-state index contributed by atoms with van der Waals surface area (Å²) in [6.07, 6.45) is 1.20. The third-order valence-corrected chi connectivity index (χ3v) is 4.44. The summed E-state index contributed by atoms with van der Waals surface area (Å²) in [5.74, 6) is 0. The van der Waals surface area contributed by atoms with E-state index >= 15 is 0 Å². The third kappa shape index (κ3) is 3.46. The minimum atomic E-state index is -4.53. The minimum Gasteiger partial charge on any atom is -0.299 e. The van der Waals surface area contributed by atoms with Gasteiger partial charge in [0.15, 0.2) is 0 Å². The zero-order valence-corrected chi connectivity index (χ0v) is 15.2. The predicted octanol–water partition coefficient (Wildman–Crippen LogP) is 3.95. The van der Waals surface area contributed by atoms with Crippen LogP contribution >= 0.6 is 0 Å². The zero-order chi connectivity index (χ0) is 20.6. The summed E-state index contributed by atoms with van der Waals surface area (Å²) in [5, 5.41) is 0.318. The van der Waals surface area contributed by atoms with Crippen LogP contribution < -0.4 is 5.56 Å². The van der Waals surface area contributed by atoms with Crippen molar-refractivity contribution in [2.75, 3.05) is 0 Å². The Labute approximate surface area is 162 Å². The Morgan fingerprint density at radius 1 is 1.07 bits per heavy atom. The summed E-state index contributed by atoms with van der Waals surface area (Å²) in [6, 6.07) is 7.20. The van der Waals surface area contributed by atoms with Crippen LogP contribution in [0.1, 0.15) is 12.6 Å². The van der Waals surface area contributed by atoms with E-state index in [1.807, 2.05) is 6.92 Å². The van der Waals surface area contributed by atoms with Crippen molar-refractivity contribution in [3.05, 3.63) is 71.3 Å². The van der Waals surface area contributed by atoms with Crippen LogP contribution in [0.3, 0.4) is 0 Å². The molecule has 0 saturated carbocycles. The number of alkyl halides is 3. The molecule has 0 radical (unpaired) electrons. The third-order valence-electron chi connectivity index (χ3n) is 4.44. The summed E-state index contributed by atoms with van der Waals surface area (Å²) < 4.78 is 39.9. The van der Waals surface area contributed by atoms with Crippen LogP contribution in [-0.2, 0) is 12.7 Å². The van der Waals surface area contributed by atoms with Gasteiger partial charge >= 0.3 is 6.18 Å². The lowest BCUT2D eigenvalue weighted by atomic mass is 10.1. The maximum atomic E-state index is 12.8. The summed E-state index contributed by atoms with van der Waals surface area (Å²) >= 11 is 0. The molecule has 0 aliphatic heterocycles. The molecule has 0 spiro atoms. The number of pyridine rings is 3. The second kappa shape index (κ2) is 7.08. The van der Waals surface area contributed by atoms with E-state index in [2.05, 4.69) is 19.9 Å². The van der Waals surface area contributed by atoms with Crippen molar-refractivity contribution in [1.82, 2.24) is 24.5 Å². The van der Waals surface area contributed by atoms with Gasteiger partial charge in [-0.2, -0.15) is 13.2 Å². The monoisotopic (exact) mass is 397 g/mol. The van der Waals surface area contributed by atoms with Gasteiger partial charge in [-0.1, -0.05) is 0 Å². The Kier molecular flexibility index (Phi) is 4.57. The second-order valence-electron chi connectivity index (χ2n) is 6.26. The summed E-state index contributed by atoms with van der Waals surface area (Å²) in [4.78, 5) is 29.3. The van der Waals surface area contributed by atoms with Gasteiger partial charge < -0.3 is 0 Å². The molecule has 0 atom stereocenters. The number of nitrogens with zero attached hydrogens (tertiary/aromatic N) is 5. The van der Waals surface area contributed by atoms with Crippen molar-refractivity contribution >= 4 is 10.9 Å². The molecule has 4 rings (SSSR count). The fraction of sp³-hybridized carbons (Fsp3) is 0.150. The molecule has 29 heavy (non-hydrogen) atoms. The molecule has 9 heteroatoms. The van der Waals surface area contributed by atoms with E-state index < -0.39 is 11.9 Å². The molecule has 146 valence electrons. The highest BCUT2D eigenvalue weighted by atomic mass is 19.4. The topological polar surface area (TPSA) is 73.6 Å². The van der Waals surface area contributed by atoms with E-state index in [1.54, 1.807) is 24.5 Å². The van der Waals surface area contributed by atoms with Crippen molar-refractivity contribution in [2.24, 2.45) is 0 Å². The Morgan fingerprint density at radius 2 is 1.90 bits per heavy atom. The first-order valence-electron chi connectivity index (χ1n) is 8.72. The number of aromatic nitrogens is 5. The number of fused-ring (bicyclic) bond motifs is 1. The standard InChI is InChI=1S/C20H14F3N5O/c1-2-28-11-26-18-14(19(28)29)8-15(27-17(18)13-4-3-7-24-9-13)12-5-6-16(25-10-12)20(21,22)23/h3-11H,2H2,1H3. The molecule has 0 saturated heterocycles. The van der Waals surface area contributed by atoms with Gasteiger partial charge in [0, 0.05) is 36.3 Å². The van der Waals surface area contributed by atoms with Crippen LogP contribution in [0.2, 0.25) is 0 Å². The molecule has 0 aliphatic rings. The van der Waals surface area contributed by atoms with Crippen LogP contribution in [0, 0.1) is 0 Å². The fourth-order valence-corrected chi connectivity index (χ4v) is 2.96. The fourth-order valence-electron chi connectivity index (χ4n) is 2.96. The maximum absolute atomic E-state index is 12.8. The molecule has 0 N–H and O–H groups in total. The first-order chi connectivity index (χ1) is 13.9. The van der Waals surface area contributed by atoms with Crippen LogP contribution in [-0.4, -0.2) is 24.5 Å². The number of hydrogen-bond acceptors (Lipinski definition) is 5. The van der Waals surface area contributed by atoms with Gasteiger partial charge in [-0.15, -0.1) is 0 Å². The number of halogens is 3. The Hall–Kier alpha value is -3.62. The lowest BCUT2D eigenvalue weighted by Gasteiger charge is -2.11. The van der Waals surface area contributed by atoms with Gasteiger partial charge in [-0.05, 0) is 37.3 Å². The first-order valence-corrected chi connectivity index (χ1v) is 8.72. The Balaban J connectivity index is 1.98. The van der Waals surface area contributed by atoms with Gasteiger partial charge in [-0.25, -0.2) is 9.97 Å². The van der Waals surface area contributed by atoms with Gasteiger partial charge in [0.05, 0.1) is 23.1 Å². The average Bonchev–Trinajstić information content (AvgIpc) is 2.73. The average molecular weight is 397 g/mol. The number of hydrogen-bond donors (Lipinski definition) is 0. The molecular formula is C20H14F3N5O. The van der Waals surface area contributed by atoms with Gasteiger partial charge in [0.2, 0.25) is 0 Å². The van der Waals surface area contributed by atoms with Crippen molar-refractivity contribution in [3.8, 4) is 22.5 Å². The largest absolute Gasteiger partial charge is 0.433 e. The van der Waals surface area contributed by atoms with Crippen molar-refractivity contribution in [3.63, 3.8) is 0 Å².